The first kappa shape index (κ1) is 18.9. The lowest BCUT2D eigenvalue weighted by Crippen LogP contribution is -2.14. The zero-order valence-electron chi connectivity index (χ0n) is 15.5. The third-order valence-corrected chi connectivity index (χ3v) is 6.26. The smallest absolute Gasteiger partial charge is 0.236 e. The van der Waals surface area contributed by atoms with Gasteiger partial charge in [0.1, 0.15) is 10.8 Å². The van der Waals surface area contributed by atoms with E-state index in [1.807, 2.05) is 48.9 Å². The molecule has 0 saturated heterocycles. The van der Waals surface area contributed by atoms with Gasteiger partial charge in [0.25, 0.3) is 0 Å². The van der Waals surface area contributed by atoms with Crippen molar-refractivity contribution in [2.24, 2.45) is 7.05 Å². The fourth-order valence-electron chi connectivity index (χ4n) is 2.63. The Balaban J connectivity index is 1.31. The fraction of sp³-hybridized carbons (Fsp3) is 0.389. The molecule has 1 atom stereocenters. The summed E-state index contributed by atoms with van der Waals surface area (Å²) in [6.07, 6.45) is 2.07. The number of rotatable bonds is 8. The van der Waals surface area contributed by atoms with Crippen molar-refractivity contribution in [1.29, 1.82) is 0 Å². The third kappa shape index (κ3) is 4.50. The number of anilines is 1. The Morgan fingerprint density at radius 1 is 1.29 bits per heavy atom. The van der Waals surface area contributed by atoms with Crippen LogP contribution < -0.4 is 10.1 Å². The van der Waals surface area contributed by atoms with E-state index >= 15 is 0 Å². The Labute approximate surface area is 170 Å². The van der Waals surface area contributed by atoms with Crippen LogP contribution in [0.2, 0.25) is 0 Å². The number of hydrogen-bond acceptors (Lipinski definition) is 8. The molecule has 0 aliphatic heterocycles. The average Bonchev–Trinajstić information content (AvgIpc) is 3.33. The minimum absolute atomic E-state index is 0.137. The molecule has 0 bridgehead atoms. The number of aromatic nitrogens is 5. The monoisotopic (exact) mass is 416 g/mol. The number of carbonyl (C=O) groups excluding carboxylic acids is 1. The second-order valence-corrected chi connectivity index (χ2v) is 8.48. The molecule has 8 nitrogen and oxygen atoms in total. The molecular formula is C18H20N6O2S2. The predicted molar refractivity (Wildman–Crippen MR) is 108 cm³/mol. The zero-order valence-corrected chi connectivity index (χ0v) is 17.2. The number of carbonyl (C=O) groups is 1. The Hall–Kier alpha value is -2.46. The zero-order chi connectivity index (χ0) is 19.5. The maximum Gasteiger partial charge on any atom is 0.236 e. The molecule has 1 aliphatic rings. The highest BCUT2D eigenvalue weighted by molar-refractivity contribution is 7.99. The van der Waals surface area contributed by atoms with E-state index in [1.54, 1.807) is 0 Å². The van der Waals surface area contributed by atoms with E-state index < -0.39 is 0 Å². The lowest BCUT2D eigenvalue weighted by molar-refractivity contribution is -0.113. The van der Waals surface area contributed by atoms with Gasteiger partial charge in [0, 0.05) is 13.0 Å². The first-order valence-electron chi connectivity index (χ1n) is 8.97. The van der Waals surface area contributed by atoms with Gasteiger partial charge >= 0.3 is 0 Å². The number of thioether (sulfide) groups is 1. The van der Waals surface area contributed by atoms with Crippen LogP contribution in [0.1, 0.15) is 42.6 Å². The van der Waals surface area contributed by atoms with Crippen molar-refractivity contribution in [2.45, 2.75) is 36.9 Å². The first-order valence-corrected chi connectivity index (χ1v) is 10.8. The van der Waals surface area contributed by atoms with Gasteiger partial charge in [-0.25, -0.2) is 0 Å². The molecule has 1 aliphatic carbocycles. The highest BCUT2D eigenvalue weighted by Gasteiger charge is 2.27. The Bertz CT molecular complexity index is 954. The van der Waals surface area contributed by atoms with Crippen molar-refractivity contribution in [1.82, 2.24) is 25.0 Å². The van der Waals surface area contributed by atoms with Crippen LogP contribution in [0.5, 0.6) is 5.75 Å². The Kier molecular flexibility index (Phi) is 5.58. The summed E-state index contributed by atoms with van der Waals surface area (Å²) in [5.41, 5.74) is 0. The van der Waals surface area contributed by atoms with E-state index in [0.717, 1.165) is 10.8 Å². The van der Waals surface area contributed by atoms with E-state index in [1.165, 1.54) is 35.9 Å². The Morgan fingerprint density at radius 3 is 2.82 bits per heavy atom. The van der Waals surface area contributed by atoms with Crippen LogP contribution in [-0.2, 0) is 11.8 Å². The molecule has 1 saturated carbocycles. The number of amides is 1. The van der Waals surface area contributed by atoms with Crippen LogP contribution >= 0.6 is 23.1 Å². The van der Waals surface area contributed by atoms with Crippen LogP contribution in [-0.4, -0.2) is 36.6 Å². The van der Waals surface area contributed by atoms with Crippen LogP contribution in [0.3, 0.4) is 0 Å². The standard InChI is InChI=1S/C18H20N6O2S2/c1-11(26-13-6-4-3-5-7-13)15-20-23-18(24(15)2)27-10-14(25)19-17-22-21-16(28-17)12-8-9-12/h3-7,11-12H,8-10H2,1-2H3,(H,19,22,25)/t11-/m0/s1. The number of para-hydroxylation sites is 1. The molecule has 1 aromatic carbocycles. The molecule has 4 rings (SSSR count). The van der Waals surface area contributed by atoms with E-state index in [4.69, 9.17) is 4.74 Å². The number of benzene rings is 1. The number of ether oxygens (including phenoxy) is 1. The quantitative estimate of drug-likeness (QED) is 0.562. The largest absolute Gasteiger partial charge is 0.483 e. The van der Waals surface area contributed by atoms with Gasteiger partial charge in [-0.15, -0.1) is 20.4 Å². The van der Waals surface area contributed by atoms with Crippen molar-refractivity contribution in [3.63, 3.8) is 0 Å². The number of nitrogens with one attached hydrogen (secondary N) is 1. The summed E-state index contributed by atoms with van der Waals surface area (Å²) in [6, 6.07) is 9.58. The van der Waals surface area contributed by atoms with Crippen molar-refractivity contribution in [3.05, 3.63) is 41.2 Å². The van der Waals surface area contributed by atoms with Crippen LogP contribution in [0.25, 0.3) is 0 Å². The molecule has 1 amide bonds. The van der Waals surface area contributed by atoms with Gasteiger partial charge in [0.05, 0.1) is 5.75 Å². The summed E-state index contributed by atoms with van der Waals surface area (Å²) in [5.74, 6) is 2.09. The minimum atomic E-state index is -0.259. The molecule has 2 aromatic heterocycles. The topological polar surface area (TPSA) is 94.8 Å². The highest BCUT2D eigenvalue weighted by Crippen LogP contribution is 2.42. The molecule has 1 N–H and O–H groups in total. The second kappa shape index (κ2) is 8.27. The van der Waals surface area contributed by atoms with Gasteiger partial charge in [-0.3, -0.25) is 10.1 Å². The molecule has 28 heavy (non-hydrogen) atoms. The third-order valence-electron chi connectivity index (χ3n) is 4.23. The van der Waals surface area contributed by atoms with Crippen molar-refractivity contribution in [3.8, 4) is 5.75 Å². The summed E-state index contributed by atoms with van der Waals surface area (Å²) in [5, 5.41) is 21.6. The minimum Gasteiger partial charge on any atom is -0.483 e. The molecule has 146 valence electrons. The summed E-state index contributed by atoms with van der Waals surface area (Å²) < 4.78 is 7.75. The Morgan fingerprint density at radius 2 is 2.07 bits per heavy atom. The summed E-state index contributed by atoms with van der Waals surface area (Å²) in [6.45, 7) is 1.92. The lowest BCUT2D eigenvalue weighted by atomic mass is 10.3. The van der Waals surface area contributed by atoms with E-state index in [9.17, 15) is 4.79 Å². The first-order chi connectivity index (χ1) is 13.6. The molecule has 0 unspecified atom stereocenters. The lowest BCUT2D eigenvalue weighted by Gasteiger charge is -2.14. The maximum atomic E-state index is 12.2. The van der Waals surface area contributed by atoms with Gasteiger partial charge in [-0.1, -0.05) is 41.3 Å². The normalized spacial score (nSPS) is 14.6. The molecule has 2 heterocycles. The van der Waals surface area contributed by atoms with Gasteiger partial charge < -0.3 is 9.30 Å². The maximum absolute atomic E-state index is 12.2. The van der Waals surface area contributed by atoms with Crippen molar-refractivity contribution in [2.75, 3.05) is 11.1 Å². The highest BCUT2D eigenvalue weighted by atomic mass is 32.2. The molecular weight excluding hydrogens is 396 g/mol. The van der Waals surface area contributed by atoms with Crippen LogP contribution in [0.15, 0.2) is 35.5 Å². The predicted octanol–water partition coefficient (Wildman–Crippen LogP) is 3.41. The second-order valence-electron chi connectivity index (χ2n) is 6.53. The van der Waals surface area contributed by atoms with E-state index in [-0.39, 0.29) is 17.8 Å². The summed E-state index contributed by atoms with van der Waals surface area (Å²) in [7, 11) is 1.87. The fourth-order valence-corrected chi connectivity index (χ4v) is 4.27. The molecule has 1 fully saturated rings. The van der Waals surface area contributed by atoms with Gasteiger partial charge in [0.15, 0.2) is 17.1 Å². The van der Waals surface area contributed by atoms with E-state index in [0.29, 0.717) is 22.0 Å². The van der Waals surface area contributed by atoms with E-state index in [2.05, 4.69) is 25.7 Å². The average molecular weight is 417 g/mol. The van der Waals surface area contributed by atoms with Gasteiger partial charge in [0.2, 0.25) is 11.0 Å². The molecule has 0 radical (unpaired) electrons. The van der Waals surface area contributed by atoms with Crippen molar-refractivity contribution >= 4 is 34.1 Å². The number of nitrogens with zero attached hydrogens (tertiary/aromatic N) is 5. The van der Waals surface area contributed by atoms with Gasteiger partial charge in [-0.2, -0.15) is 0 Å². The molecule has 0 spiro atoms. The summed E-state index contributed by atoms with van der Waals surface area (Å²) in [4.78, 5) is 12.2. The SMILES string of the molecule is C[C@H](Oc1ccccc1)c1nnc(SCC(=O)Nc2nnc(C3CC3)s2)n1C. The van der Waals surface area contributed by atoms with Crippen LogP contribution in [0.4, 0.5) is 5.13 Å². The molecule has 3 aromatic rings. The number of hydrogen-bond donors (Lipinski definition) is 1. The van der Waals surface area contributed by atoms with Crippen molar-refractivity contribution < 1.29 is 9.53 Å². The summed E-state index contributed by atoms with van der Waals surface area (Å²) >= 11 is 2.77. The molecule has 10 heteroatoms. The van der Waals surface area contributed by atoms with Gasteiger partial charge in [-0.05, 0) is 31.9 Å². The van der Waals surface area contributed by atoms with Crippen LogP contribution in [0, 0.1) is 0 Å².